The van der Waals surface area contributed by atoms with Gasteiger partial charge in [-0.2, -0.15) is 5.10 Å². The van der Waals surface area contributed by atoms with Crippen LogP contribution in [0.25, 0.3) is 10.9 Å². The van der Waals surface area contributed by atoms with Crippen LogP contribution in [0.1, 0.15) is 29.5 Å². The van der Waals surface area contributed by atoms with Crippen LogP contribution in [-0.4, -0.2) is 28.2 Å². The maximum atomic E-state index is 5.52. The Bertz CT molecular complexity index is 903. The quantitative estimate of drug-likeness (QED) is 0.734. The minimum Gasteiger partial charge on any atom is -0.299 e. The van der Waals surface area contributed by atoms with Gasteiger partial charge in [0.15, 0.2) is 0 Å². The normalized spacial score (nSPS) is 18.3. The molecule has 0 radical (unpaired) electrons. The number of piperidine rings is 1. The molecule has 3 heteroatoms. The predicted octanol–water partition coefficient (Wildman–Crippen LogP) is 4.00. The second kappa shape index (κ2) is 7.13. The number of likely N-dealkylation sites (tertiary alicyclic amines) is 1. The van der Waals surface area contributed by atoms with Crippen LogP contribution in [0.15, 0.2) is 48.7 Å². The number of hydrogen-bond donors (Lipinski definition) is 1. The zero-order valence-electron chi connectivity index (χ0n) is 14.4. The maximum Gasteiger partial charge on any atom is 0.0650 e. The summed E-state index contributed by atoms with van der Waals surface area (Å²) in [4.78, 5) is 2.57. The van der Waals surface area contributed by atoms with Crippen LogP contribution in [0, 0.1) is 18.3 Å². The van der Waals surface area contributed by atoms with Crippen molar-refractivity contribution in [2.24, 2.45) is 5.92 Å². The minimum absolute atomic E-state index is 0.717. The fourth-order valence-electron chi connectivity index (χ4n) is 3.93. The average Bonchev–Trinajstić information content (AvgIpc) is 3.10. The van der Waals surface area contributed by atoms with Crippen molar-refractivity contribution < 1.29 is 0 Å². The molecule has 1 atom stereocenters. The molecular formula is C22H23N3. The molecule has 0 amide bonds. The lowest BCUT2D eigenvalue weighted by atomic mass is 9.90. The molecule has 3 nitrogen and oxygen atoms in total. The zero-order chi connectivity index (χ0) is 17.1. The topological polar surface area (TPSA) is 31.9 Å². The zero-order valence-corrected chi connectivity index (χ0v) is 14.4. The second-order valence-corrected chi connectivity index (χ2v) is 7.08. The average molecular weight is 329 g/mol. The third kappa shape index (κ3) is 3.75. The van der Waals surface area contributed by atoms with Gasteiger partial charge < -0.3 is 0 Å². The molecule has 1 N–H and O–H groups in total. The molecular weight excluding hydrogens is 306 g/mol. The Balaban J connectivity index is 1.41. The van der Waals surface area contributed by atoms with Crippen LogP contribution in [-0.2, 0) is 13.0 Å². The molecule has 25 heavy (non-hydrogen) atoms. The summed E-state index contributed by atoms with van der Waals surface area (Å²) in [7, 11) is 0. The van der Waals surface area contributed by atoms with E-state index in [-0.39, 0.29) is 0 Å². The van der Waals surface area contributed by atoms with Crippen molar-refractivity contribution in [3.63, 3.8) is 0 Å². The van der Waals surface area contributed by atoms with Crippen LogP contribution in [0.4, 0.5) is 0 Å². The van der Waals surface area contributed by atoms with E-state index < -0.39 is 0 Å². The lowest BCUT2D eigenvalue weighted by Crippen LogP contribution is -2.35. The van der Waals surface area contributed by atoms with Crippen molar-refractivity contribution in [3.05, 3.63) is 65.4 Å². The number of nitrogens with one attached hydrogen (secondary N) is 1. The van der Waals surface area contributed by atoms with E-state index in [1.165, 1.54) is 35.9 Å². The highest BCUT2D eigenvalue weighted by atomic mass is 15.1. The Morgan fingerprint density at radius 2 is 2.16 bits per heavy atom. The number of hydrogen-bond acceptors (Lipinski definition) is 2. The Kier molecular flexibility index (Phi) is 4.54. The standard InChI is InChI=1S/C22H23N3/c1-2-17-5-3-6-19(11-17)15-25-10-4-7-20(16-25)12-18-8-9-22-21(13-18)14-23-24-22/h1,3,5-6,8-9,11,13-14,20H,4,7,10,12,15-16H2,(H,23,24)/t20-/m1/s1. The van der Waals surface area contributed by atoms with Crippen LogP contribution in [0.3, 0.4) is 0 Å². The summed E-state index contributed by atoms with van der Waals surface area (Å²) >= 11 is 0. The number of fused-ring (bicyclic) bond motifs is 1. The summed E-state index contributed by atoms with van der Waals surface area (Å²) in [5.41, 5.74) is 4.81. The summed E-state index contributed by atoms with van der Waals surface area (Å²) in [6.45, 7) is 3.33. The maximum absolute atomic E-state index is 5.52. The molecule has 1 saturated heterocycles. The van der Waals surface area contributed by atoms with Crippen LogP contribution in [0.2, 0.25) is 0 Å². The minimum atomic E-state index is 0.717. The van der Waals surface area contributed by atoms with Gasteiger partial charge in [0.1, 0.15) is 0 Å². The van der Waals surface area contributed by atoms with Crippen molar-refractivity contribution in [3.8, 4) is 12.3 Å². The van der Waals surface area contributed by atoms with E-state index in [0.717, 1.165) is 30.6 Å². The van der Waals surface area contributed by atoms with E-state index in [2.05, 4.69) is 57.4 Å². The molecule has 0 aliphatic carbocycles. The van der Waals surface area contributed by atoms with Gasteiger partial charge in [-0.15, -0.1) is 6.42 Å². The largest absolute Gasteiger partial charge is 0.299 e. The van der Waals surface area contributed by atoms with Crippen LogP contribution >= 0.6 is 0 Å². The summed E-state index contributed by atoms with van der Waals surface area (Å²) < 4.78 is 0. The first-order chi connectivity index (χ1) is 12.3. The number of terminal acetylenes is 1. The predicted molar refractivity (Wildman–Crippen MR) is 102 cm³/mol. The smallest absolute Gasteiger partial charge is 0.0650 e. The van der Waals surface area contributed by atoms with Crippen molar-refractivity contribution >= 4 is 10.9 Å². The first-order valence-corrected chi connectivity index (χ1v) is 9.00. The molecule has 126 valence electrons. The molecule has 0 saturated carbocycles. The van der Waals surface area contributed by atoms with Gasteiger partial charge in [-0.05, 0) is 67.1 Å². The summed E-state index contributed by atoms with van der Waals surface area (Å²) in [6.07, 6.45) is 11.2. The number of aromatic nitrogens is 2. The van der Waals surface area contributed by atoms with Crippen LogP contribution in [0.5, 0.6) is 0 Å². The fourth-order valence-corrected chi connectivity index (χ4v) is 3.93. The highest BCUT2D eigenvalue weighted by Gasteiger charge is 2.20. The fraction of sp³-hybridized carbons (Fsp3) is 0.318. The Hall–Kier alpha value is -2.57. The van der Waals surface area contributed by atoms with Crippen molar-refractivity contribution in [2.45, 2.75) is 25.8 Å². The van der Waals surface area contributed by atoms with Crippen molar-refractivity contribution in [1.29, 1.82) is 0 Å². The van der Waals surface area contributed by atoms with Crippen molar-refractivity contribution in [1.82, 2.24) is 15.1 Å². The lowest BCUT2D eigenvalue weighted by Gasteiger charge is -2.33. The van der Waals surface area contributed by atoms with E-state index in [1.807, 2.05) is 12.3 Å². The molecule has 1 fully saturated rings. The Morgan fingerprint density at radius 3 is 3.08 bits per heavy atom. The van der Waals surface area contributed by atoms with Gasteiger partial charge in [0.2, 0.25) is 0 Å². The SMILES string of the molecule is C#Cc1cccc(CN2CCC[C@H](Cc3ccc4[nH]ncc4c3)C2)c1. The number of nitrogens with zero attached hydrogens (tertiary/aromatic N) is 2. The van der Waals surface area contributed by atoms with Crippen LogP contribution < -0.4 is 0 Å². The summed E-state index contributed by atoms with van der Waals surface area (Å²) in [6, 6.07) is 15.0. The van der Waals surface area contributed by atoms with E-state index in [0.29, 0.717) is 5.92 Å². The highest BCUT2D eigenvalue weighted by Crippen LogP contribution is 2.24. The Morgan fingerprint density at radius 1 is 1.20 bits per heavy atom. The second-order valence-electron chi connectivity index (χ2n) is 7.08. The van der Waals surface area contributed by atoms with E-state index in [1.54, 1.807) is 0 Å². The van der Waals surface area contributed by atoms with E-state index in [9.17, 15) is 0 Å². The summed E-state index contributed by atoms with van der Waals surface area (Å²) in [5.74, 6) is 3.45. The van der Waals surface area contributed by atoms with Gasteiger partial charge in [0.25, 0.3) is 0 Å². The third-order valence-electron chi connectivity index (χ3n) is 5.13. The van der Waals surface area contributed by atoms with Gasteiger partial charge in [-0.3, -0.25) is 10.00 Å². The molecule has 0 unspecified atom stereocenters. The molecule has 1 aliphatic heterocycles. The lowest BCUT2D eigenvalue weighted by molar-refractivity contribution is 0.167. The van der Waals surface area contributed by atoms with Gasteiger partial charge in [-0.1, -0.05) is 24.1 Å². The first kappa shape index (κ1) is 15.9. The number of H-pyrrole nitrogens is 1. The molecule has 1 aromatic heterocycles. The number of rotatable bonds is 4. The number of aromatic amines is 1. The third-order valence-corrected chi connectivity index (χ3v) is 5.13. The van der Waals surface area contributed by atoms with Gasteiger partial charge >= 0.3 is 0 Å². The molecule has 4 rings (SSSR count). The molecule has 1 aliphatic rings. The highest BCUT2D eigenvalue weighted by molar-refractivity contribution is 5.78. The molecule has 0 bridgehead atoms. The van der Waals surface area contributed by atoms with Gasteiger partial charge in [0.05, 0.1) is 11.7 Å². The monoisotopic (exact) mass is 329 g/mol. The molecule has 2 aromatic carbocycles. The van der Waals surface area contributed by atoms with Gasteiger partial charge in [-0.25, -0.2) is 0 Å². The van der Waals surface area contributed by atoms with E-state index in [4.69, 9.17) is 6.42 Å². The molecule has 2 heterocycles. The van der Waals surface area contributed by atoms with E-state index >= 15 is 0 Å². The Labute approximate surface area is 149 Å². The molecule has 0 spiro atoms. The first-order valence-electron chi connectivity index (χ1n) is 9.00. The van der Waals surface area contributed by atoms with Crippen molar-refractivity contribution in [2.75, 3.05) is 13.1 Å². The van der Waals surface area contributed by atoms with Gasteiger partial charge in [0, 0.05) is 24.0 Å². The molecule has 3 aromatic rings. The summed E-state index contributed by atoms with van der Waals surface area (Å²) in [5, 5.41) is 8.34. The number of benzene rings is 2.